The molecule has 0 bridgehead atoms. The normalized spacial score (nSPS) is 9.80. The molecule has 0 saturated heterocycles. The molecule has 1 amide bonds. The van der Waals surface area contributed by atoms with Crippen molar-refractivity contribution in [2.45, 2.75) is 6.54 Å². The highest BCUT2D eigenvalue weighted by Gasteiger charge is 2.11. The van der Waals surface area contributed by atoms with Crippen LogP contribution in [-0.2, 0) is 11.3 Å². The lowest BCUT2D eigenvalue weighted by molar-refractivity contribution is 0.0693. The van der Waals surface area contributed by atoms with Gasteiger partial charge in [-0.15, -0.1) is 0 Å². The van der Waals surface area contributed by atoms with Crippen LogP contribution in [0.25, 0.3) is 0 Å². The number of hydrogen-bond acceptors (Lipinski definition) is 5. The number of carbonyl (C=O) groups excluding carboxylic acids is 1. The predicted octanol–water partition coefficient (Wildman–Crippen LogP) is -0.853. The summed E-state index contributed by atoms with van der Waals surface area (Å²) in [6, 6.07) is 0. The number of aromatic nitrogens is 2. The molecule has 9 heteroatoms. The van der Waals surface area contributed by atoms with Crippen molar-refractivity contribution in [2.24, 2.45) is 0 Å². The molecule has 0 atom stereocenters. The molecule has 0 saturated carbocycles. The summed E-state index contributed by atoms with van der Waals surface area (Å²) < 4.78 is 5.60. The van der Waals surface area contributed by atoms with Crippen molar-refractivity contribution in [1.29, 1.82) is 0 Å². The fourth-order valence-electron chi connectivity index (χ4n) is 1.29. The summed E-state index contributed by atoms with van der Waals surface area (Å²) in [6.07, 6.45) is 1.62. The number of H-pyrrole nitrogens is 1. The Labute approximate surface area is 112 Å². The summed E-state index contributed by atoms with van der Waals surface area (Å²) in [5.41, 5.74) is -2.29. The first-order chi connectivity index (χ1) is 9.45. The minimum Gasteiger partial charge on any atom is -0.477 e. The van der Waals surface area contributed by atoms with E-state index in [2.05, 4.69) is 16.6 Å². The van der Waals surface area contributed by atoms with Crippen LogP contribution in [0, 0.1) is 0 Å². The number of carboxylic acids is 1. The van der Waals surface area contributed by atoms with Crippen LogP contribution in [0.1, 0.15) is 10.4 Å². The maximum atomic E-state index is 11.4. The summed E-state index contributed by atoms with van der Waals surface area (Å²) in [6.45, 7) is 3.43. The highest BCUT2D eigenvalue weighted by Crippen LogP contribution is 1.88. The number of nitrogens with one attached hydrogen (secondary N) is 2. The number of alkyl carbamates (subject to hydrolysis) is 1. The Kier molecular flexibility index (Phi) is 5.27. The molecule has 0 radical (unpaired) electrons. The molecule has 0 fully saturated rings. The number of nitrogens with zero attached hydrogens (tertiary/aromatic N) is 1. The Bertz CT molecular complexity index is 630. The van der Waals surface area contributed by atoms with E-state index in [0.717, 1.165) is 10.8 Å². The zero-order valence-electron chi connectivity index (χ0n) is 10.4. The number of aromatic amines is 1. The highest BCUT2D eigenvalue weighted by atomic mass is 16.5. The molecule has 0 aromatic carbocycles. The SMILES string of the molecule is C=CCOC(=O)NCCn1cc(C(=O)O)c(=O)[nH]c1=O. The minimum absolute atomic E-state index is 0.0148. The van der Waals surface area contributed by atoms with Crippen molar-refractivity contribution >= 4 is 12.1 Å². The Balaban J connectivity index is 2.69. The molecule has 1 aromatic rings. The van der Waals surface area contributed by atoms with E-state index < -0.39 is 28.9 Å². The Hall–Kier alpha value is -2.84. The van der Waals surface area contributed by atoms with E-state index in [1.807, 2.05) is 4.98 Å². The third-order valence-corrected chi connectivity index (χ3v) is 2.20. The molecule has 1 aromatic heterocycles. The van der Waals surface area contributed by atoms with Crippen molar-refractivity contribution in [3.63, 3.8) is 0 Å². The molecule has 108 valence electrons. The summed E-state index contributed by atoms with van der Waals surface area (Å²) in [5.74, 6) is -1.45. The second-order valence-electron chi connectivity index (χ2n) is 3.61. The first-order valence-corrected chi connectivity index (χ1v) is 5.54. The molecule has 0 unspecified atom stereocenters. The monoisotopic (exact) mass is 283 g/mol. The lowest BCUT2D eigenvalue weighted by Crippen LogP contribution is -2.36. The van der Waals surface area contributed by atoms with Crippen molar-refractivity contribution in [2.75, 3.05) is 13.2 Å². The number of rotatable bonds is 6. The van der Waals surface area contributed by atoms with Crippen molar-refractivity contribution in [1.82, 2.24) is 14.9 Å². The topological polar surface area (TPSA) is 130 Å². The zero-order valence-corrected chi connectivity index (χ0v) is 10.4. The van der Waals surface area contributed by atoms with Gasteiger partial charge in [0.1, 0.15) is 12.2 Å². The molecule has 1 heterocycles. The van der Waals surface area contributed by atoms with E-state index in [0.29, 0.717) is 0 Å². The summed E-state index contributed by atoms with van der Waals surface area (Å²) in [7, 11) is 0. The van der Waals surface area contributed by atoms with Gasteiger partial charge in [0.2, 0.25) is 0 Å². The van der Waals surface area contributed by atoms with Gasteiger partial charge in [0, 0.05) is 19.3 Å². The molecule has 0 spiro atoms. The van der Waals surface area contributed by atoms with E-state index in [1.165, 1.54) is 6.08 Å². The van der Waals surface area contributed by atoms with Gasteiger partial charge in [-0.05, 0) is 0 Å². The summed E-state index contributed by atoms with van der Waals surface area (Å²) in [5, 5.41) is 11.1. The standard InChI is InChI=1S/C11H13N3O6/c1-2-5-20-11(19)12-3-4-14-6-7(9(16)17)8(15)13-10(14)18/h2,6H,1,3-5H2,(H,12,19)(H,16,17)(H,13,15,18). The average Bonchev–Trinajstić information content (AvgIpc) is 2.38. The van der Waals surface area contributed by atoms with Gasteiger partial charge in [-0.25, -0.2) is 14.4 Å². The molecule has 20 heavy (non-hydrogen) atoms. The van der Waals surface area contributed by atoms with Crippen LogP contribution >= 0.6 is 0 Å². The number of hydrogen-bond donors (Lipinski definition) is 3. The third-order valence-electron chi connectivity index (χ3n) is 2.20. The van der Waals surface area contributed by atoms with Crippen molar-refractivity contribution in [3.8, 4) is 0 Å². The maximum absolute atomic E-state index is 11.4. The molecule has 0 aliphatic carbocycles. The highest BCUT2D eigenvalue weighted by molar-refractivity contribution is 5.86. The summed E-state index contributed by atoms with van der Waals surface area (Å²) in [4.78, 5) is 46.3. The second kappa shape index (κ2) is 6.92. The van der Waals surface area contributed by atoms with Crippen LogP contribution in [0.2, 0.25) is 0 Å². The Morgan fingerprint density at radius 2 is 2.20 bits per heavy atom. The fourth-order valence-corrected chi connectivity index (χ4v) is 1.29. The molecule has 1 rings (SSSR count). The molecule has 0 aliphatic rings. The molecule has 9 nitrogen and oxygen atoms in total. The van der Waals surface area contributed by atoms with E-state index in [9.17, 15) is 19.2 Å². The van der Waals surface area contributed by atoms with Crippen LogP contribution in [0.5, 0.6) is 0 Å². The van der Waals surface area contributed by atoms with Crippen LogP contribution in [0.3, 0.4) is 0 Å². The Morgan fingerprint density at radius 1 is 1.50 bits per heavy atom. The first-order valence-electron chi connectivity index (χ1n) is 5.54. The smallest absolute Gasteiger partial charge is 0.407 e. The van der Waals surface area contributed by atoms with Gasteiger partial charge in [0.25, 0.3) is 5.56 Å². The van der Waals surface area contributed by atoms with E-state index in [4.69, 9.17) is 5.11 Å². The third kappa shape index (κ3) is 4.12. The first kappa shape index (κ1) is 15.2. The number of aromatic carboxylic acids is 1. The van der Waals surface area contributed by atoms with E-state index in [1.54, 1.807) is 0 Å². The number of carbonyl (C=O) groups is 2. The molecular formula is C11H13N3O6. The van der Waals surface area contributed by atoms with Gasteiger partial charge >= 0.3 is 17.8 Å². The van der Waals surface area contributed by atoms with E-state index >= 15 is 0 Å². The van der Waals surface area contributed by atoms with Gasteiger partial charge in [-0.3, -0.25) is 14.3 Å². The number of ether oxygens (including phenoxy) is 1. The summed E-state index contributed by atoms with van der Waals surface area (Å²) >= 11 is 0. The fraction of sp³-hybridized carbons (Fsp3) is 0.273. The maximum Gasteiger partial charge on any atom is 0.407 e. The van der Waals surface area contributed by atoms with Crippen molar-refractivity contribution < 1.29 is 19.4 Å². The quantitative estimate of drug-likeness (QED) is 0.583. The second-order valence-corrected chi connectivity index (χ2v) is 3.61. The number of amides is 1. The van der Waals surface area contributed by atoms with Crippen molar-refractivity contribution in [3.05, 3.63) is 45.3 Å². The van der Waals surface area contributed by atoms with Gasteiger partial charge in [-0.1, -0.05) is 12.7 Å². The molecular weight excluding hydrogens is 270 g/mol. The minimum atomic E-state index is -1.45. The van der Waals surface area contributed by atoms with Gasteiger partial charge in [-0.2, -0.15) is 0 Å². The van der Waals surface area contributed by atoms with Gasteiger partial charge < -0.3 is 15.2 Å². The predicted molar refractivity (Wildman–Crippen MR) is 67.8 cm³/mol. The largest absolute Gasteiger partial charge is 0.477 e. The van der Waals surface area contributed by atoms with Crippen LogP contribution in [-0.4, -0.2) is 39.9 Å². The zero-order chi connectivity index (χ0) is 15.1. The lowest BCUT2D eigenvalue weighted by atomic mass is 10.3. The van der Waals surface area contributed by atoms with Crippen LogP contribution in [0.15, 0.2) is 28.4 Å². The van der Waals surface area contributed by atoms with Crippen LogP contribution in [0.4, 0.5) is 4.79 Å². The molecule has 0 aliphatic heterocycles. The van der Waals surface area contributed by atoms with Gasteiger partial charge in [0.05, 0.1) is 0 Å². The lowest BCUT2D eigenvalue weighted by Gasteiger charge is -2.07. The molecule has 3 N–H and O–H groups in total. The average molecular weight is 283 g/mol. The van der Waals surface area contributed by atoms with E-state index in [-0.39, 0.29) is 19.7 Å². The van der Waals surface area contributed by atoms with Gasteiger partial charge in [0.15, 0.2) is 0 Å². The number of carboxylic acid groups (broad SMARTS) is 1. The Morgan fingerprint density at radius 3 is 2.80 bits per heavy atom. The van der Waals surface area contributed by atoms with Crippen LogP contribution < -0.4 is 16.6 Å².